The summed E-state index contributed by atoms with van der Waals surface area (Å²) in [5, 5.41) is 5.78. The summed E-state index contributed by atoms with van der Waals surface area (Å²) in [5.41, 5.74) is 5.31. The average molecular weight is 278 g/mol. The standard InChI is InChI=1S/C19H22N2/c1-14-6-5-7-15(10-14)13-21-18-9-8-17(19(2,3)4)11-16(18)12-20-21/h5-12H,13H2,1-4H3. The number of hydrogen-bond donors (Lipinski definition) is 0. The van der Waals surface area contributed by atoms with Crippen LogP contribution < -0.4 is 0 Å². The van der Waals surface area contributed by atoms with Crippen LogP contribution in [-0.4, -0.2) is 9.78 Å². The van der Waals surface area contributed by atoms with Gasteiger partial charge < -0.3 is 0 Å². The van der Waals surface area contributed by atoms with Crippen molar-refractivity contribution in [1.82, 2.24) is 9.78 Å². The molecule has 1 heterocycles. The molecule has 1 aromatic heterocycles. The lowest BCUT2D eigenvalue weighted by atomic mass is 9.86. The van der Waals surface area contributed by atoms with E-state index in [1.807, 2.05) is 6.20 Å². The predicted molar refractivity (Wildman–Crippen MR) is 88.7 cm³/mol. The lowest BCUT2D eigenvalue weighted by Gasteiger charge is -2.18. The maximum atomic E-state index is 4.56. The molecular formula is C19H22N2. The Kier molecular flexibility index (Phi) is 3.32. The monoisotopic (exact) mass is 278 g/mol. The highest BCUT2D eigenvalue weighted by Gasteiger charge is 2.14. The van der Waals surface area contributed by atoms with E-state index in [1.165, 1.54) is 27.6 Å². The third-order valence-corrected chi connectivity index (χ3v) is 3.92. The second-order valence-corrected chi connectivity index (χ2v) is 6.81. The van der Waals surface area contributed by atoms with Gasteiger partial charge in [0, 0.05) is 5.39 Å². The minimum absolute atomic E-state index is 0.173. The number of nitrogens with zero attached hydrogens (tertiary/aromatic N) is 2. The summed E-state index contributed by atoms with van der Waals surface area (Å²) in [4.78, 5) is 0. The SMILES string of the molecule is Cc1cccc(Cn2ncc3cc(C(C)(C)C)ccc32)c1. The Morgan fingerprint density at radius 1 is 1.05 bits per heavy atom. The molecule has 0 bridgehead atoms. The molecule has 0 fully saturated rings. The van der Waals surface area contributed by atoms with E-state index in [-0.39, 0.29) is 5.41 Å². The Morgan fingerprint density at radius 3 is 2.57 bits per heavy atom. The molecule has 0 amide bonds. The summed E-state index contributed by atoms with van der Waals surface area (Å²) in [5.74, 6) is 0. The van der Waals surface area contributed by atoms with Crippen molar-refractivity contribution in [2.24, 2.45) is 0 Å². The number of fused-ring (bicyclic) bond motifs is 1. The zero-order valence-electron chi connectivity index (χ0n) is 13.2. The molecular weight excluding hydrogens is 256 g/mol. The quantitative estimate of drug-likeness (QED) is 0.665. The van der Waals surface area contributed by atoms with E-state index < -0.39 is 0 Å². The molecule has 0 spiro atoms. The number of aryl methyl sites for hydroxylation is 1. The maximum absolute atomic E-state index is 4.56. The minimum Gasteiger partial charge on any atom is -0.260 e. The van der Waals surface area contributed by atoms with Gasteiger partial charge in [-0.05, 0) is 35.6 Å². The van der Waals surface area contributed by atoms with Crippen LogP contribution in [0.3, 0.4) is 0 Å². The molecule has 0 saturated carbocycles. The zero-order valence-corrected chi connectivity index (χ0v) is 13.2. The minimum atomic E-state index is 0.173. The first-order chi connectivity index (χ1) is 9.93. The largest absolute Gasteiger partial charge is 0.260 e. The average Bonchev–Trinajstić information content (AvgIpc) is 2.80. The number of rotatable bonds is 2. The van der Waals surface area contributed by atoms with Crippen LogP contribution in [0.15, 0.2) is 48.7 Å². The number of benzene rings is 2. The molecule has 0 N–H and O–H groups in total. The maximum Gasteiger partial charge on any atom is 0.0686 e. The summed E-state index contributed by atoms with van der Waals surface area (Å²) in [6, 6.07) is 15.3. The van der Waals surface area contributed by atoms with Gasteiger partial charge >= 0.3 is 0 Å². The Balaban J connectivity index is 1.97. The molecule has 2 nitrogen and oxygen atoms in total. The lowest BCUT2D eigenvalue weighted by molar-refractivity contribution is 0.591. The molecule has 0 atom stereocenters. The summed E-state index contributed by atoms with van der Waals surface area (Å²) in [6.45, 7) is 9.67. The smallest absolute Gasteiger partial charge is 0.0686 e. The first kappa shape index (κ1) is 13.9. The van der Waals surface area contributed by atoms with E-state index >= 15 is 0 Å². The highest BCUT2D eigenvalue weighted by Crippen LogP contribution is 2.26. The van der Waals surface area contributed by atoms with Crippen LogP contribution in [-0.2, 0) is 12.0 Å². The van der Waals surface area contributed by atoms with Gasteiger partial charge in [-0.2, -0.15) is 5.10 Å². The fourth-order valence-electron chi connectivity index (χ4n) is 2.66. The second kappa shape index (κ2) is 5.03. The third-order valence-electron chi connectivity index (χ3n) is 3.92. The highest BCUT2D eigenvalue weighted by molar-refractivity contribution is 5.79. The van der Waals surface area contributed by atoms with Crippen molar-refractivity contribution in [3.8, 4) is 0 Å². The van der Waals surface area contributed by atoms with Gasteiger partial charge in [0.25, 0.3) is 0 Å². The molecule has 0 aliphatic rings. The Bertz CT molecular complexity index is 776. The summed E-state index contributed by atoms with van der Waals surface area (Å²) in [7, 11) is 0. The third kappa shape index (κ3) is 2.85. The second-order valence-electron chi connectivity index (χ2n) is 6.81. The Morgan fingerprint density at radius 2 is 1.86 bits per heavy atom. The fraction of sp³-hybridized carbons (Fsp3) is 0.316. The van der Waals surface area contributed by atoms with E-state index in [9.17, 15) is 0 Å². The molecule has 108 valence electrons. The van der Waals surface area contributed by atoms with E-state index in [2.05, 4.69) is 79.9 Å². The van der Waals surface area contributed by atoms with E-state index in [0.717, 1.165) is 6.54 Å². The van der Waals surface area contributed by atoms with Crippen molar-refractivity contribution in [1.29, 1.82) is 0 Å². The van der Waals surface area contributed by atoms with Crippen LogP contribution in [0.1, 0.15) is 37.5 Å². The Labute approximate surface area is 126 Å². The van der Waals surface area contributed by atoms with Crippen molar-refractivity contribution in [3.63, 3.8) is 0 Å². The predicted octanol–water partition coefficient (Wildman–Crippen LogP) is 4.69. The molecule has 0 saturated heterocycles. The molecule has 0 unspecified atom stereocenters. The molecule has 0 aliphatic heterocycles. The molecule has 21 heavy (non-hydrogen) atoms. The van der Waals surface area contributed by atoms with Gasteiger partial charge in [-0.15, -0.1) is 0 Å². The summed E-state index contributed by atoms with van der Waals surface area (Å²) >= 11 is 0. The number of aromatic nitrogens is 2. The van der Waals surface area contributed by atoms with E-state index in [0.29, 0.717) is 0 Å². The van der Waals surface area contributed by atoms with Gasteiger partial charge in [-0.3, -0.25) is 4.68 Å². The van der Waals surface area contributed by atoms with Crippen molar-refractivity contribution in [3.05, 3.63) is 65.4 Å². The van der Waals surface area contributed by atoms with Gasteiger partial charge in [-0.1, -0.05) is 56.7 Å². The molecule has 3 rings (SSSR count). The van der Waals surface area contributed by atoms with E-state index in [1.54, 1.807) is 0 Å². The normalized spacial score (nSPS) is 12.0. The van der Waals surface area contributed by atoms with Gasteiger partial charge in [0.1, 0.15) is 0 Å². The molecule has 2 aromatic carbocycles. The van der Waals surface area contributed by atoms with Crippen molar-refractivity contribution in [2.75, 3.05) is 0 Å². The summed E-state index contributed by atoms with van der Waals surface area (Å²) < 4.78 is 2.08. The lowest BCUT2D eigenvalue weighted by Crippen LogP contribution is -2.10. The van der Waals surface area contributed by atoms with Crippen LogP contribution in [0.5, 0.6) is 0 Å². The fourth-order valence-corrected chi connectivity index (χ4v) is 2.66. The van der Waals surface area contributed by atoms with E-state index in [4.69, 9.17) is 0 Å². The van der Waals surface area contributed by atoms with Crippen molar-refractivity contribution >= 4 is 10.9 Å². The van der Waals surface area contributed by atoms with Gasteiger partial charge in [0.15, 0.2) is 0 Å². The number of hydrogen-bond acceptors (Lipinski definition) is 1. The van der Waals surface area contributed by atoms with Gasteiger partial charge in [0.05, 0.1) is 18.3 Å². The van der Waals surface area contributed by atoms with Crippen molar-refractivity contribution < 1.29 is 0 Å². The van der Waals surface area contributed by atoms with Gasteiger partial charge in [-0.25, -0.2) is 0 Å². The van der Waals surface area contributed by atoms with Crippen LogP contribution in [0, 0.1) is 6.92 Å². The molecule has 0 radical (unpaired) electrons. The van der Waals surface area contributed by atoms with Crippen molar-refractivity contribution in [2.45, 2.75) is 39.7 Å². The van der Waals surface area contributed by atoms with Crippen LogP contribution >= 0.6 is 0 Å². The topological polar surface area (TPSA) is 17.8 Å². The zero-order chi connectivity index (χ0) is 15.0. The van der Waals surface area contributed by atoms with Crippen LogP contribution in [0.25, 0.3) is 10.9 Å². The molecule has 3 aromatic rings. The van der Waals surface area contributed by atoms with Gasteiger partial charge in [0.2, 0.25) is 0 Å². The first-order valence-electron chi connectivity index (χ1n) is 7.45. The summed E-state index contributed by atoms with van der Waals surface area (Å²) in [6.07, 6.45) is 1.97. The van der Waals surface area contributed by atoms with Crippen LogP contribution in [0.2, 0.25) is 0 Å². The highest BCUT2D eigenvalue weighted by atomic mass is 15.3. The first-order valence-corrected chi connectivity index (χ1v) is 7.45. The molecule has 0 aliphatic carbocycles. The van der Waals surface area contributed by atoms with Crippen LogP contribution in [0.4, 0.5) is 0 Å². The molecule has 2 heteroatoms. The Hall–Kier alpha value is -2.09.